The van der Waals surface area contributed by atoms with Gasteiger partial charge in [-0.25, -0.2) is 0 Å². The van der Waals surface area contributed by atoms with Crippen LogP contribution in [0.15, 0.2) is 18.3 Å². The van der Waals surface area contributed by atoms with Crippen LogP contribution in [0.25, 0.3) is 0 Å². The van der Waals surface area contributed by atoms with Crippen molar-refractivity contribution in [3.63, 3.8) is 0 Å². The number of hydrogen-bond acceptors (Lipinski definition) is 3. The number of rotatable bonds is 4. The molecule has 0 radical (unpaired) electrons. The van der Waals surface area contributed by atoms with Crippen LogP contribution in [0.1, 0.15) is 24.3 Å². The van der Waals surface area contributed by atoms with Crippen LogP contribution in [0.3, 0.4) is 0 Å². The van der Waals surface area contributed by atoms with E-state index in [2.05, 4.69) is 11.1 Å². The van der Waals surface area contributed by atoms with Gasteiger partial charge in [-0.05, 0) is 26.0 Å². The minimum Gasteiger partial charge on any atom is -0.336 e. The lowest BCUT2D eigenvalue weighted by Gasteiger charge is -2.21. The molecule has 0 aromatic carbocycles. The summed E-state index contributed by atoms with van der Waals surface area (Å²) < 4.78 is 0. The third kappa shape index (κ3) is 3.72. The van der Waals surface area contributed by atoms with Crippen molar-refractivity contribution in [3.05, 3.63) is 29.0 Å². The van der Waals surface area contributed by atoms with Gasteiger partial charge in [-0.15, -0.1) is 0 Å². The normalized spacial score (nSPS) is 11.6. The highest BCUT2D eigenvalue weighted by Gasteiger charge is 2.17. The molecule has 1 rings (SSSR count). The van der Waals surface area contributed by atoms with Gasteiger partial charge in [0.2, 0.25) is 0 Å². The molecule has 1 amide bonds. The van der Waals surface area contributed by atoms with Crippen LogP contribution in [0.4, 0.5) is 0 Å². The molecule has 0 N–H and O–H groups in total. The lowest BCUT2D eigenvalue weighted by molar-refractivity contribution is 0.0747. The fraction of sp³-hybridized carbons (Fsp3) is 0.417. The van der Waals surface area contributed by atoms with Crippen LogP contribution < -0.4 is 0 Å². The SMILES string of the molecule is CCN(CC(C)C#N)C(=O)c1cc(Cl)ccn1. The fourth-order valence-corrected chi connectivity index (χ4v) is 1.57. The molecule has 0 fully saturated rings. The highest BCUT2D eigenvalue weighted by molar-refractivity contribution is 6.30. The summed E-state index contributed by atoms with van der Waals surface area (Å²) in [6.45, 7) is 4.59. The Morgan fingerprint density at radius 3 is 2.94 bits per heavy atom. The molecule has 17 heavy (non-hydrogen) atoms. The summed E-state index contributed by atoms with van der Waals surface area (Å²) in [6.07, 6.45) is 1.50. The topological polar surface area (TPSA) is 57.0 Å². The molecule has 90 valence electrons. The summed E-state index contributed by atoms with van der Waals surface area (Å²) in [5.41, 5.74) is 0.310. The van der Waals surface area contributed by atoms with E-state index in [4.69, 9.17) is 16.9 Å². The second-order valence-electron chi connectivity index (χ2n) is 3.73. The molecule has 0 bridgehead atoms. The van der Waals surface area contributed by atoms with Crippen molar-refractivity contribution >= 4 is 17.5 Å². The Morgan fingerprint density at radius 1 is 1.71 bits per heavy atom. The van der Waals surface area contributed by atoms with Gasteiger partial charge in [0.25, 0.3) is 5.91 Å². The smallest absolute Gasteiger partial charge is 0.272 e. The van der Waals surface area contributed by atoms with Crippen molar-refractivity contribution in [3.8, 4) is 6.07 Å². The van der Waals surface area contributed by atoms with Gasteiger partial charge in [0.15, 0.2) is 0 Å². The second-order valence-corrected chi connectivity index (χ2v) is 4.17. The van der Waals surface area contributed by atoms with E-state index >= 15 is 0 Å². The molecule has 1 unspecified atom stereocenters. The molecule has 0 saturated heterocycles. The fourth-order valence-electron chi connectivity index (χ4n) is 1.41. The molecule has 4 nitrogen and oxygen atoms in total. The zero-order valence-corrected chi connectivity index (χ0v) is 10.6. The van der Waals surface area contributed by atoms with Gasteiger partial charge < -0.3 is 4.90 Å². The van der Waals surface area contributed by atoms with E-state index in [0.717, 1.165) is 0 Å². The molecular formula is C12H14ClN3O. The number of nitrogens with zero attached hydrogens (tertiary/aromatic N) is 3. The summed E-state index contributed by atoms with van der Waals surface area (Å²) >= 11 is 5.81. The van der Waals surface area contributed by atoms with E-state index < -0.39 is 0 Å². The van der Waals surface area contributed by atoms with E-state index in [9.17, 15) is 4.79 Å². The Balaban J connectivity index is 2.83. The molecule has 1 aromatic heterocycles. The predicted molar refractivity (Wildman–Crippen MR) is 65.6 cm³/mol. The predicted octanol–water partition coefficient (Wildman–Crippen LogP) is 2.36. The van der Waals surface area contributed by atoms with Crippen LogP contribution in [0, 0.1) is 17.2 Å². The van der Waals surface area contributed by atoms with E-state index in [1.54, 1.807) is 17.9 Å². The lowest BCUT2D eigenvalue weighted by atomic mass is 10.2. The van der Waals surface area contributed by atoms with Gasteiger partial charge in [-0.1, -0.05) is 11.6 Å². The van der Waals surface area contributed by atoms with Crippen LogP contribution in [0.5, 0.6) is 0 Å². The number of pyridine rings is 1. The standard InChI is InChI=1S/C12H14ClN3O/c1-3-16(8-9(2)7-14)12(17)11-6-10(13)4-5-15-11/h4-6,9H,3,8H2,1-2H3. The number of hydrogen-bond donors (Lipinski definition) is 0. The van der Waals surface area contributed by atoms with E-state index in [1.807, 2.05) is 6.92 Å². The van der Waals surface area contributed by atoms with Crippen molar-refractivity contribution in [2.75, 3.05) is 13.1 Å². The maximum Gasteiger partial charge on any atom is 0.272 e. The molecule has 5 heteroatoms. The summed E-state index contributed by atoms with van der Waals surface area (Å²) in [5, 5.41) is 9.23. The van der Waals surface area contributed by atoms with Crippen molar-refractivity contribution in [1.29, 1.82) is 5.26 Å². The summed E-state index contributed by atoms with van der Waals surface area (Å²) in [5.74, 6) is -0.393. The quantitative estimate of drug-likeness (QED) is 0.825. The van der Waals surface area contributed by atoms with Crippen LogP contribution in [0.2, 0.25) is 5.02 Å². The Hall–Kier alpha value is -1.60. The highest BCUT2D eigenvalue weighted by atomic mass is 35.5. The number of halogens is 1. The number of amides is 1. The van der Waals surface area contributed by atoms with Gasteiger partial charge in [-0.3, -0.25) is 9.78 Å². The molecule has 1 aromatic rings. The van der Waals surface area contributed by atoms with Crippen molar-refractivity contribution in [2.45, 2.75) is 13.8 Å². The Morgan fingerprint density at radius 2 is 2.41 bits per heavy atom. The van der Waals surface area contributed by atoms with Gasteiger partial charge in [0.1, 0.15) is 5.69 Å². The van der Waals surface area contributed by atoms with Crippen molar-refractivity contribution in [2.24, 2.45) is 5.92 Å². The van der Waals surface area contributed by atoms with Crippen molar-refractivity contribution in [1.82, 2.24) is 9.88 Å². The summed E-state index contributed by atoms with van der Waals surface area (Å²) in [6, 6.07) is 5.26. The lowest BCUT2D eigenvalue weighted by Crippen LogP contribution is -2.34. The number of carbonyl (C=O) groups is 1. The second kappa shape index (κ2) is 6.21. The first-order chi connectivity index (χ1) is 8.08. The largest absolute Gasteiger partial charge is 0.336 e. The Kier molecular flexibility index (Phi) is 4.92. The number of nitriles is 1. The maximum absolute atomic E-state index is 12.1. The Bertz CT molecular complexity index is 442. The van der Waals surface area contributed by atoms with Crippen LogP contribution in [-0.2, 0) is 0 Å². The Labute approximate surface area is 106 Å². The molecule has 0 aliphatic rings. The minimum absolute atomic E-state index is 0.196. The van der Waals surface area contributed by atoms with E-state index in [1.165, 1.54) is 12.3 Å². The first-order valence-electron chi connectivity index (χ1n) is 5.39. The van der Waals surface area contributed by atoms with E-state index in [0.29, 0.717) is 23.8 Å². The maximum atomic E-state index is 12.1. The average Bonchev–Trinajstić information content (AvgIpc) is 2.34. The van der Waals surface area contributed by atoms with E-state index in [-0.39, 0.29) is 11.8 Å². The first-order valence-corrected chi connectivity index (χ1v) is 5.76. The first kappa shape index (κ1) is 13.5. The third-order valence-electron chi connectivity index (χ3n) is 2.32. The van der Waals surface area contributed by atoms with Gasteiger partial charge in [0.05, 0.1) is 12.0 Å². The number of carbonyl (C=O) groups excluding carboxylic acids is 1. The van der Waals surface area contributed by atoms with Crippen LogP contribution in [-0.4, -0.2) is 28.9 Å². The minimum atomic E-state index is -0.197. The molecule has 1 atom stereocenters. The van der Waals surface area contributed by atoms with Gasteiger partial charge in [0, 0.05) is 24.3 Å². The monoisotopic (exact) mass is 251 g/mol. The van der Waals surface area contributed by atoms with Crippen LogP contribution >= 0.6 is 11.6 Å². The molecule has 0 saturated carbocycles. The van der Waals surface area contributed by atoms with Gasteiger partial charge in [-0.2, -0.15) is 5.26 Å². The zero-order valence-electron chi connectivity index (χ0n) is 9.85. The molecule has 0 aliphatic carbocycles. The van der Waals surface area contributed by atoms with Gasteiger partial charge >= 0.3 is 0 Å². The van der Waals surface area contributed by atoms with Crippen molar-refractivity contribution < 1.29 is 4.79 Å². The highest BCUT2D eigenvalue weighted by Crippen LogP contribution is 2.11. The molecule has 0 spiro atoms. The zero-order chi connectivity index (χ0) is 12.8. The summed E-state index contributed by atoms with van der Waals surface area (Å²) in [4.78, 5) is 17.6. The molecule has 1 heterocycles. The average molecular weight is 252 g/mol. The molecule has 0 aliphatic heterocycles. The molecular weight excluding hydrogens is 238 g/mol. The number of aromatic nitrogens is 1. The third-order valence-corrected chi connectivity index (χ3v) is 2.56. The summed E-state index contributed by atoms with van der Waals surface area (Å²) in [7, 11) is 0.